The monoisotopic (exact) mass is 447 g/mol. The number of aromatic nitrogens is 2. The Balaban J connectivity index is 1.44. The van der Waals surface area contributed by atoms with Crippen molar-refractivity contribution in [2.75, 3.05) is 48.8 Å². The number of nitrogens with one attached hydrogen (secondary N) is 3. The molecule has 1 aliphatic rings. The molecule has 1 saturated heterocycles. The highest BCUT2D eigenvalue weighted by Crippen LogP contribution is 2.23. The largest absolute Gasteiger partial charge is 0.373 e. The number of primary amides is 1. The van der Waals surface area contributed by atoms with E-state index in [2.05, 4.69) is 43.0 Å². The maximum atomic E-state index is 11.8. The van der Waals surface area contributed by atoms with Crippen LogP contribution in [0.25, 0.3) is 0 Å². The summed E-state index contributed by atoms with van der Waals surface area (Å²) in [7, 11) is 1.93. The fourth-order valence-corrected chi connectivity index (χ4v) is 3.73. The van der Waals surface area contributed by atoms with Crippen molar-refractivity contribution in [1.82, 2.24) is 15.3 Å². The lowest BCUT2D eigenvalue weighted by Gasteiger charge is -2.34. The van der Waals surface area contributed by atoms with Gasteiger partial charge in [0, 0.05) is 43.8 Å². The van der Waals surface area contributed by atoms with Gasteiger partial charge in [-0.15, -0.1) is 0 Å². The summed E-state index contributed by atoms with van der Waals surface area (Å²) in [5.74, 6) is 0.191. The second-order valence-corrected chi connectivity index (χ2v) is 7.83. The van der Waals surface area contributed by atoms with Crippen LogP contribution in [0.4, 0.5) is 23.1 Å². The molecule has 3 aromatic rings. The molecule has 0 saturated carbocycles. The lowest BCUT2D eigenvalue weighted by atomic mass is 10.2. The number of likely N-dealkylation sites (N-methyl/N-ethyl adjacent to an activating group) is 1. The minimum Gasteiger partial charge on any atom is -0.373 e. The Morgan fingerprint density at radius 2 is 1.97 bits per heavy atom. The number of amides is 1. The maximum absolute atomic E-state index is 11.8. The molecule has 33 heavy (non-hydrogen) atoms. The van der Waals surface area contributed by atoms with Crippen molar-refractivity contribution in [3.63, 3.8) is 0 Å². The number of nitrogens with zero attached hydrogens (tertiary/aromatic N) is 3. The van der Waals surface area contributed by atoms with Crippen LogP contribution in [-0.2, 0) is 11.3 Å². The van der Waals surface area contributed by atoms with E-state index in [1.807, 2.05) is 49.5 Å². The highest BCUT2D eigenvalue weighted by atomic mass is 16.5. The van der Waals surface area contributed by atoms with Crippen LogP contribution >= 0.6 is 0 Å². The zero-order valence-corrected chi connectivity index (χ0v) is 18.6. The first-order valence-electron chi connectivity index (χ1n) is 11.0. The van der Waals surface area contributed by atoms with Crippen LogP contribution in [-0.4, -0.2) is 55.3 Å². The molecule has 172 valence electrons. The molecule has 0 radical (unpaired) electrons. The smallest absolute Gasteiger partial charge is 0.254 e. The number of anilines is 4. The predicted molar refractivity (Wildman–Crippen MR) is 130 cm³/mol. The van der Waals surface area contributed by atoms with Gasteiger partial charge in [-0.3, -0.25) is 4.79 Å². The number of morpholine rings is 1. The summed E-state index contributed by atoms with van der Waals surface area (Å²) in [5, 5.41) is 9.56. The van der Waals surface area contributed by atoms with Crippen molar-refractivity contribution in [1.29, 1.82) is 0 Å². The topological polar surface area (TPSA) is 117 Å². The van der Waals surface area contributed by atoms with E-state index < -0.39 is 5.91 Å². The van der Waals surface area contributed by atoms with E-state index >= 15 is 0 Å². The molecule has 2 aromatic carbocycles. The summed E-state index contributed by atoms with van der Waals surface area (Å²) in [6.07, 6.45) is 1.62. The third-order valence-electron chi connectivity index (χ3n) is 5.42. The summed E-state index contributed by atoms with van der Waals surface area (Å²) >= 11 is 0. The Hall–Kier alpha value is -3.69. The molecule has 0 bridgehead atoms. The van der Waals surface area contributed by atoms with Gasteiger partial charge in [0.15, 0.2) is 0 Å². The average molecular weight is 448 g/mol. The third-order valence-corrected chi connectivity index (χ3v) is 5.42. The Morgan fingerprint density at radius 3 is 2.70 bits per heavy atom. The molecule has 4 rings (SSSR count). The quantitative estimate of drug-likeness (QED) is 0.395. The van der Waals surface area contributed by atoms with E-state index in [0.29, 0.717) is 24.9 Å². The van der Waals surface area contributed by atoms with Crippen LogP contribution in [0.2, 0.25) is 0 Å². The molecule has 1 aromatic heterocycles. The highest BCUT2D eigenvalue weighted by molar-refractivity contribution is 5.97. The molecule has 9 heteroatoms. The number of hydrogen-bond acceptors (Lipinski definition) is 8. The maximum Gasteiger partial charge on any atom is 0.254 e. The lowest BCUT2D eigenvalue weighted by Crippen LogP contribution is -2.46. The highest BCUT2D eigenvalue weighted by Gasteiger charge is 2.20. The van der Waals surface area contributed by atoms with Crippen LogP contribution in [0.5, 0.6) is 0 Å². The van der Waals surface area contributed by atoms with Crippen molar-refractivity contribution in [2.45, 2.75) is 12.6 Å². The van der Waals surface area contributed by atoms with Crippen LogP contribution < -0.4 is 26.6 Å². The standard InChI is InChI=1S/C24H29N7O2/c1-26-14-20-16-31(11-12-33-20)19-9-7-18(8-10-19)29-24-28-15-21(22(25)32)23(30-24)27-13-17-5-3-2-4-6-17/h2-10,15,20,26H,11-14,16H2,1H3,(H2,25,32)(H2,27,28,29,30). The molecule has 2 heterocycles. The summed E-state index contributed by atoms with van der Waals surface area (Å²) < 4.78 is 5.79. The Morgan fingerprint density at radius 1 is 1.18 bits per heavy atom. The second kappa shape index (κ2) is 10.8. The molecule has 1 aliphatic heterocycles. The summed E-state index contributed by atoms with van der Waals surface area (Å²) in [6.45, 7) is 3.77. The minimum atomic E-state index is -0.580. The van der Waals surface area contributed by atoms with Crippen molar-refractivity contribution in [2.24, 2.45) is 5.73 Å². The van der Waals surface area contributed by atoms with Gasteiger partial charge in [-0.05, 0) is 36.9 Å². The first-order chi connectivity index (χ1) is 16.1. The van der Waals surface area contributed by atoms with Crippen LogP contribution in [0.15, 0.2) is 60.8 Å². The van der Waals surface area contributed by atoms with Gasteiger partial charge >= 0.3 is 0 Å². The zero-order valence-electron chi connectivity index (χ0n) is 18.6. The summed E-state index contributed by atoms with van der Waals surface area (Å²) in [6, 6.07) is 18.0. The second-order valence-electron chi connectivity index (χ2n) is 7.83. The van der Waals surface area contributed by atoms with Crippen LogP contribution in [0, 0.1) is 0 Å². The molecular weight excluding hydrogens is 418 g/mol. The number of hydrogen-bond donors (Lipinski definition) is 4. The SMILES string of the molecule is CNCC1CN(c2ccc(Nc3ncc(C(N)=O)c(NCc4ccccc4)n3)cc2)CCO1. The van der Waals surface area contributed by atoms with Gasteiger partial charge in [0.25, 0.3) is 5.91 Å². The zero-order chi connectivity index (χ0) is 23.0. The van der Waals surface area contributed by atoms with Crippen LogP contribution in [0.3, 0.4) is 0 Å². The van der Waals surface area contributed by atoms with Gasteiger partial charge in [0.05, 0.1) is 18.3 Å². The molecule has 0 aliphatic carbocycles. The van der Waals surface area contributed by atoms with E-state index in [1.165, 1.54) is 6.20 Å². The summed E-state index contributed by atoms with van der Waals surface area (Å²) in [5.41, 5.74) is 8.80. The number of benzene rings is 2. The van der Waals surface area contributed by atoms with Gasteiger partial charge in [0.2, 0.25) is 5.95 Å². The number of rotatable bonds is 9. The number of ether oxygens (including phenoxy) is 1. The predicted octanol–water partition coefficient (Wildman–Crippen LogP) is 2.36. The Kier molecular flexibility index (Phi) is 7.33. The van der Waals surface area contributed by atoms with Crippen LogP contribution in [0.1, 0.15) is 15.9 Å². The van der Waals surface area contributed by atoms with E-state index in [-0.39, 0.29) is 11.7 Å². The lowest BCUT2D eigenvalue weighted by molar-refractivity contribution is 0.0422. The number of carbonyl (C=O) groups is 1. The fraction of sp³-hybridized carbons (Fsp3) is 0.292. The Bertz CT molecular complexity index is 1060. The fourth-order valence-electron chi connectivity index (χ4n) is 3.73. The first kappa shape index (κ1) is 22.5. The van der Waals surface area contributed by atoms with Crippen molar-refractivity contribution in [3.05, 3.63) is 71.9 Å². The van der Waals surface area contributed by atoms with E-state index in [9.17, 15) is 4.79 Å². The molecule has 9 nitrogen and oxygen atoms in total. The average Bonchev–Trinajstić information content (AvgIpc) is 2.84. The van der Waals surface area contributed by atoms with Crippen molar-refractivity contribution >= 4 is 29.0 Å². The third kappa shape index (κ3) is 5.97. The van der Waals surface area contributed by atoms with Gasteiger partial charge in [-0.2, -0.15) is 4.98 Å². The molecule has 1 amide bonds. The van der Waals surface area contributed by atoms with Gasteiger partial charge < -0.3 is 31.3 Å². The number of nitrogens with two attached hydrogens (primary N) is 1. The van der Waals surface area contributed by atoms with Crippen molar-refractivity contribution in [3.8, 4) is 0 Å². The van der Waals surface area contributed by atoms with E-state index in [0.717, 1.165) is 36.6 Å². The Labute approximate surface area is 193 Å². The molecule has 1 unspecified atom stereocenters. The van der Waals surface area contributed by atoms with E-state index in [1.54, 1.807) is 0 Å². The molecule has 5 N–H and O–H groups in total. The molecule has 1 atom stereocenters. The normalized spacial score (nSPS) is 15.8. The van der Waals surface area contributed by atoms with Gasteiger partial charge in [-0.25, -0.2) is 4.98 Å². The van der Waals surface area contributed by atoms with Gasteiger partial charge in [-0.1, -0.05) is 30.3 Å². The van der Waals surface area contributed by atoms with E-state index in [4.69, 9.17) is 10.5 Å². The minimum absolute atomic E-state index is 0.181. The number of carbonyl (C=O) groups excluding carboxylic acids is 1. The first-order valence-corrected chi connectivity index (χ1v) is 11.0. The van der Waals surface area contributed by atoms with Gasteiger partial charge in [0.1, 0.15) is 5.82 Å². The molecule has 1 fully saturated rings. The van der Waals surface area contributed by atoms with Crippen molar-refractivity contribution < 1.29 is 9.53 Å². The molecular formula is C24H29N7O2. The molecule has 0 spiro atoms. The summed E-state index contributed by atoms with van der Waals surface area (Å²) in [4.78, 5) is 22.9.